The second-order valence-corrected chi connectivity index (χ2v) is 9.15. The summed E-state index contributed by atoms with van der Waals surface area (Å²) in [6, 6.07) is 0.510. The van der Waals surface area contributed by atoms with E-state index < -0.39 is 5.60 Å². The third-order valence-corrected chi connectivity index (χ3v) is 8.73. The maximum absolute atomic E-state index is 11.5. The molecule has 6 fully saturated rings. The lowest BCUT2D eigenvalue weighted by molar-refractivity contribution is -0.123. The fraction of sp³-hybridized carbons (Fsp3) is 0.944. The van der Waals surface area contributed by atoms with E-state index in [-0.39, 0.29) is 24.0 Å². The Bertz CT molecular complexity index is 556. The van der Waals surface area contributed by atoms with E-state index in [1.807, 2.05) is 0 Å². The Balaban J connectivity index is 0.00000121. The minimum Gasteiger partial charge on any atom is -0.387 e. The molecule has 23 heavy (non-hydrogen) atoms. The second kappa shape index (κ2) is 4.77. The third-order valence-electron chi connectivity index (χ3n) is 8.73. The predicted molar refractivity (Wildman–Crippen MR) is 99.4 cm³/mol. The number of nitrogens with one attached hydrogen (secondary N) is 1. The molecule has 0 radical (unpaired) electrons. The fourth-order valence-electron chi connectivity index (χ4n) is 8.47. The van der Waals surface area contributed by atoms with Crippen molar-refractivity contribution in [2.75, 3.05) is 6.54 Å². The van der Waals surface area contributed by atoms with Gasteiger partial charge < -0.3 is 16.2 Å². The first-order valence-electron chi connectivity index (χ1n) is 9.47. The highest BCUT2D eigenvalue weighted by molar-refractivity contribution is 14.0. The third kappa shape index (κ3) is 1.64. The quantitative estimate of drug-likeness (QED) is 0.365. The highest BCUT2D eigenvalue weighted by atomic mass is 127. The molecule has 0 aliphatic heterocycles. The minimum absolute atomic E-state index is 0. The van der Waals surface area contributed by atoms with Crippen LogP contribution >= 0.6 is 24.0 Å². The van der Waals surface area contributed by atoms with Gasteiger partial charge >= 0.3 is 0 Å². The van der Waals surface area contributed by atoms with E-state index in [2.05, 4.69) is 10.3 Å². The first kappa shape index (κ1) is 15.2. The Morgan fingerprint density at radius 3 is 2.52 bits per heavy atom. The lowest BCUT2D eigenvalue weighted by Gasteiger charge is -2.51. The van der Waals surface area contributed by atoms with Crippen molar-refractivity contribution in [1.82, 2.24) is 5.32 Å². The lowest BCUT2D eigenvalue weighted by atomic mass is 9.56. The summed E-state index contributed by atoms with van der Waals surface area (Å²) < 4.78 is 0. The van der Waals surface area contributed by atoms with Crippen molar-refractivity contribution in [1.29, 1.82) is 0 Å². The van der Waals surface area contributed by atoms with Crippen molar-refractivity contribution in [3.63, 3.8) is 0 Å². The number of halogens is 1. The van der Waals surface area contributed by atoms with Gasteiger partial charge in [-0.3, -0.25) is 4.99 Å². The number of fused-ring (bicyclic) bond motifs is 2. The molecule has 0 aromatic heterocycles. The van der Waals surface area contributed by atoms with Crippen LogP contribution in [-0.2, 0) is 0 Å². The molecule has 0 amide bonds. The summed E-state index contributed by atoms with van der Waals surface area (Å²) in [5.41, 5.74) is 5.58. The van der Waals surface area contributed by atoms with Gasteiger partial charge in [0.05, 0.1) is 12.1 Å². The number of aliphatic imine (C=N–C) groups is 1. The van der Waals surface area contributed by atoms with Gasteiger partial charge in [0.2, 0.25) is 0 Å². The van der Waals surface area contributed by atoms with Crippen LogP contribution in [0.4, 0.5) is 0 Å². The van der Waals surface area contributed by atoms with Crippen LogP contribution in [0.2, 0.25) is 0 Å². The summed E-state index contributed by atoms with van der Waals surface area (Å²) in [6.45, 7) is 0.549. The molecule has 6 aliphatic rings. The highest BCUT2D eigenvalue weighted by Gasteiger charge is 2.84. The lowest BCUT2D eigenvalue weighted by Crippen LogP contribution is -2.56. The van der Waals surface area contributed by atoms with Gasteiger partial charge in [0.15, 0.2) is 5.96 Å². The molecular formula is C18H28IN3O. The standard InChI is InChI=1S/C18H27N3O.HI/c19-17(21-8-3-1-2-4-8)20-7-18(22)15-10-6-11-13-9(10)5-12(15)14(13)16(11)18;/h8-16,22H,1-7H2,(H3,19,20,21);1H. The summed E-state index contributed by atoms with van der Waals surface area (Å²) in [6.07, 6.45) is 7.86. The van der Waals surface area contributed by atoms with E-state index in [1.54, 1.807) is 0 Å². The first-order valence-corrected chi connectivity index (χ1v) is 9.47. The monoisotopic (exact) mass is 429 g/mol. The van der Waals surface area contributed by atoms with E-state index >= 15 is 0 Å². The molecule has 9 atom stereocenters. The molecular weight excluding hydrogens is 401 g/mol. The van der Waals surface area contributed by atoms with E-state index in [9.17, 15) is 5.11 Å². The highest BCUT2D eigenvalue weighted by Crippen LogP contribution is 2.85. The van der Waals surface area contributed by atoms with Gasteiger partial charge in [-0.2, -0.15) is 0 Å². The average molecular weight is 429 g/mol. The largest absolute Gasteiger partial charge is 0.387 e. The number of rotatable bonds is 3. The van der Waals surface area contributed by atoms with Gasteiger partial charge in [-0.1, -0.05) is 12.8 Å². The topological polar surface area (TPSA) is 70.6 Å². The van der Waals surface area contributed by atoms with Crippen molar-refractivity contribution in [2.45, 2.75) is 50.2 Å². The van der Waals surface area contributed by atoms with Crippen molar-refractivity contribution in [2.24, 2.45) is 58.1 Å². The number of hydrogen-bond donors (Lipinski definition) is 3. The molecule has 2 bridgehead atoms. The molecule has 6 rings (SSSR count). The minimum atomic E-state index is -0.521. The first-order chi connectivity index (χ1) is 10.7. The van der Waals surface area contributed by atoms with Crippen molar-refractivity contribution < 1.29 is 5.11 Å². The molecule has 0 spiro atoms. The van der Waals surface area contributed by atoms with Crippen LogP contribution in [0.15, 0.2) is 4.99 Å². The smallest absolute Gasteiger partial charge is 0.188 e. The van der Waals surface area contributed by atoms with Gasteiger partial charge in [-0.15, -0.1) is 24.0 Å². The van der Waals surface area contributed by atoms with Gasteiger partial charge in [0, 0.05) is 6.04 Å². The van der Waals surface area contributed by atoms with Crippen LogP contribution in [0.3, 0.4) is 0 Å². The van der Waals surface area contributed by atoms with E-state index in [4.69, 9.17) is 5.73 Å². The predicted octanol–water partition coefficient (Wildman–Crippen LogP) is 1.96. The Morgan fingerprint density at radius 1 is 1.04 bits per heavy atom. The number of aliphatic hydroxyl groups is 1. The van der Waals surface area contributed by atoms with Crippen LogP contribution in [-0.4, -0.2) is 29.3 Å². The zero-order valence-corrected chi connectivity index (χ0v) is 15.9. The van der Waals surface area contributed by atoms with E-state index in [0.29, 0.717) is 30.4 Å². The molecule has 0 aromatic rings. The van der Waals surface area contributed by atoms with Crippen LogP contribution < -0.4 is 11.1 Å². The molecule has 5 heteroatoms. The molecule has 0 saturated heterocycles. The SMILES string of the molecule is I.NC(=NCC1(O)C2C3CC4C5C3CC2C5C41)NC1CCCC1. The van der Waals surface area contributed by atoms with Crippen molar-refractivity contribution in [3.05, 3.63) is 0 Å². The van der Waals surface area contributed by atoms with E-state index in [0.717, 1.165) is 35.5 Å². The normalized spacial score (nSPS) is 57.9. The molecule has 0 aromatic carbocycles. The molecule has 128 valence electrons. The Hall–Kier alpha value is -0.0400. The molecule has 0 heterocycles. The van der Waals surface area contributed by atoms with Crippen molar-refractivity contribution >= 4 is 29.9 Å². The average Bonchev–Trinajstić information content (AvgIpc) is 3.14. The van der Waals surface area contributed by atoms with Crippen molar-refractivity contribution in [3.8, 4) is 0 Å². The summed E-state index contributed by atoms with van der Waals surface area (Å²) >= 11 is 0. The summed E-state index contributed by atoms with van der Waals surface area (Å²) in [7, 11) is 0. The van der Waals surface area contributed by atoms with Gasteiger partial charge in [0.25, 0.3) is 0 Å². The molecule has 9 unspecified atom stereocenters. The van der Waals surface area contributed by atoms with Crippen LogP contribution in [0, 0.1) is 47.3 Å². The van der Waals surface area contributed by atoms with Crippen LogP contribution in [0.5, 0.6) is 0 Å². The molecule has 6 saturated carbocycles. The molecule has 4 N–H and O–H groups in total. The Morgan fingerprint density at radius 2 is 1.74 bits per heavy atom. The number of guanidine groups is 1. The summed E-state index contributed by atoms with van der Waals surface area (Å²) in [5, 5.41) is 14.9. The van der Waals surface area contributed by atoms with Crippen LogP contribution in [0.25, 0.3) is 0 Å². The summed E-state index contributed by atoms with van der Waals surface area (Å²) in [5.74, 6) is 6.95. The number of nitrogens with zero attached hydrogens (tertiary/aromatic N) is 1. The molecule has 6 aliphatic carbocycles. The zero-order chi connectivity index (χ0) is 14.6. The number of hydrogen-bond acceptors (Lipinski definition) is 2. The van der Waals surface area contributed by atoms with Gasteiger partial charge in [-0.25, -0.2) is 0 Å². The summed E-state index contributed by atoms with van der Waals surface area (Å²) in [4.78, 5) is 4.62. The molecule has 4 nitrogen and oxygen atoms in total. The Labute approximate surface area is 155 Å². The van der Waals surface area contributed by atoms with Gasteiger partial charge in [0.1, 0.15) is 0 Å². The van der Waals surface area contributed by atoms with E-state index in [1.165, 1.54) is 38.5 Å². The van der Waals surface area contributed by atoms with Gasteiger partial charge in [-0.05, 0) is 73.0 Å². The Kier molecular flexibility index (Phi) is 3.16. The zero-order valence-electron chi connectivity index (χ0n) is 13.5. The van der Waals surface area contributed by atoms with Crippen LogP contribution in [0.1, 0.15) is 38.5 Å². The maximum atomic E-state index is 11.5. The number of nitrogens with two attached hydrogens (primary N) is 1. The fourth-order valence-corrected chi connectivity index (χ4v) is 8.47. The second-order valence-electron chi connectivity index (χ2n) is 9.15. The maximum Gasteiger partial charge on any atom is 0.188 e.